The van der Waals surface area contributed by atoms with E-state index in [0.29, 0.717) is 29.1 Å². The van der Waals surface area contributed by atoms with E-state index >= 15 is 0 Å². The smallest absolute Gasteiger partial charge is 0.274 e. The van der Waals surface area contributed by atoms with Crippen molar-refractivity contribution < 1.29 is 4.79 Å². The molecule has 1 fully saturated rings. The zero-order chi connectivity index (χ0) is 15.7. The Labute approximate surface area is 129 Å². The first kappa shape index (κ1) is 14.8. The fourth-order valence-electron chi connectivity index (χ4n) is 3.24. The molecule has 1 saturated heterocycles. The summed E-state index contributed by atoms with van der Waals surface area (Å²) < 4.78 is 1.44. The number of aryl methyl sites for hydroxylation is 1. The first-order chi connectivity index (χ1) is 10.6. The lowest BCUT2D eigenvalue weighted by molar-refractivity contribution is 0.0951. The third-order valence-electron chi connectivity index (χ3n) is 4.57. The van der Waals surface area contributed by atoms with Crippen LogP contribution < -0.4 is 10.9 Å². The van der Waals surface area contributed by atoms with E-state index in [1.54, 1.807) is 25.5 Å². The van der Waals surface area contributed by atoms with Gasteiger partial charge in [0.05, 0.1) is 5.56 Å². The number of likely N-dealkylation sites (tertiary alicyclic amines) is 1. The van der Waals surface area contributed by atoms with Gasteiger partial charge in [-0.1, -0.05) is 0 Å². The third kappa shape index (κ3) is 2.66. The molecule has 6 nitrogen and oxygen atoms in total. The molecule has 1 aliphatic rings. The van der Waals surface area contributed by atoms with Gasteiger partial charge in [0.15, 0.2) is 0 Å². The Balaban J connectivity index is 1.71. The molecule has 1 amide bonds. The molecule has 3 heterocycles. The number of rotatable bonds is 4. The lowest BCUT2D eigenvalue weighted by Crippen LogP contribution is -2.32. The quantitative estimate of drug-likeness (QED) is 0.888. The fraction of sp³-hybridized carbons (Fsp3) is 0.500. The van der Waals surface area contributed by atoms with E-state index < -0.39 is 0 Å². The van der Waals surface area contributed by atoms with Crippen LogP contribution in [0.5, 0.6) is 0 Å². The first-order valence-electron chi connectivity index (χ1n) is 7.73. The molecule has 2 N–H and O–H groups in total. The summed E-state index contributed by atoms with van der Waals surface area (Å²) in [7, 11) is 3.79. The maximum absolute atomic E-state index is 12.4. The summed E-state index contributed by atoms with van der Waals surface area (Å²) >= 11 is 0. The van der Waals surface area contributed by atoms with Gasteiger partial charge in [0.1, 0.15) is 5.52 Å². The van der Waals surface area contributed by atoms with E-state index in [0.717, 1.165) is 13.0 Å². The average Bonchev–Trinajstić information content (AvgIpc) is 3.12. The normalized spacial score (nSPS) is 18.9. The number of pyridine rings is 1. The van der Waals surface area contributed by atoms with Crippen LogP contribution in [-0.2, 0) is 7.05 Å². The number of carbonyl (C=O) groups is 1. The third-order valence-corrected chi connectivity index (χ3v) is 4.57. The Morgan fingerprint density at radius 3 is 3.00 bits per heavy atom. The van der Waals surface area contributed by atoms with Crippen molar-refractivity contribution in [2.45, 2.75) is 25.3 Å². The molecule has 118 valence electrons. The molecule has 0 spiro atoms. The largest absolute Gasteiger partial charge is 0.357 e. The van der Waals surface area contributed by atoms with Gasteiger partial charge in [0.25, 0.3) is 11.5 Å². The number of hydrogen-bond donors (Lipinski definition) is 2. The molecule has 1 aliphatic heterocycles. The van der Waals surface area contributed by atoms with Gasteiger partial charge < -0.3 is 19.8 Å². The predicted octanol–water partition coefficient (Wildman–Crippen LogP) is 1.08. The van der Waals surface area contributed by atoms with Crippen LogP contribution in [0.25, 0.3) is 10.9 Å². The molecular weight excluding hydrogens is 280 g/mol. The van der Waals surface area contributed by atoms with Gasteiger partial charge in [-0.2, -0.15) is 0 Å². The summed E-state index contributed by atoms with van der Waals surface area (Å²) in [5, 5.41) is 3.66. The maximum Gasteiger partial charge on any atom is 0.274 e. The fourth-order valence-corrected chi connectivity index (χ4v) is 3.24. The van der Waals surface area contributed by atoms with Crippen LogP contribution in [0.2, 0.25) is 0 Å². The molecular formula is C16H22N4O2. The Hall–Kier alpha value is -2.08. The van der Waals surface area contributed by atoms with Crippen molar-refractivity contribution in [3.05, 3.63) is 34.4 Å². The van der Waals surface area contributed by atoms with Gasteiger partial charge in [0.2, 0.25) is 0 Å². The van der Waals surface area contributed by atoms with Gasteiger partial charge in [-0.15, -0.1) is 0 Å². The summed E-state index contributed by atoms with van der Waals surface area (Å²) in [6, 6.07) is 2.34. The molecule has 0 bridgehead atoms. The maximum atomic E-state index is 12.4. The van der Waals surface area contributed by atoms with E-state index in [2.05, 4.69) is 22.2 Å². The van der Waals surface area contributed by atoms with Crippen molar-refractivity contribution in [3.63, 3.8) is 0 Å². The highest BCUT2D eigenvalue weighted by atomic mass is 16.2. The molecule has 2 aromatic heterocycles. The molecule has 1 atom stereocenters. The topological polar surface area (TPSA) is 70.1 Å². The first-order valence-corrected chi connectivity index (χ1v) is 7.73. The van der Waals surface area contributed by atoms with Crippen LogP contribution in [0.4, 0.5) is 0 Å². The van der Waals surface area contributed by atoms with Crippen LogP contribution >= 0.6 is 0 Å². The number of carbonyl (C=O) groups excluding carboxylic acids is 1. The lowest BCUT2D eigenvalue weighted by Gasteiger charge is -2.19. The van der Waals surface area contributed by atoms with Crippen molar-refractivity contribution in [2.75, 3.05) is 20.1 Å². The summed E-state index contributed by atoms with van der Waals surface area (Å²) in [5.74, 6) is -0.124. The summed E-state index contributed by atoms with van der Waals surface area (Å²) in [4.78, 5) is 29.7. The average molecular weight is 302 g/mol. The molecule has 0 radical (unpaired) electrons. The monoisotopic (exact) mass is 302 g/mol. The van der Waals surface area contributed by atoms with Gasteiger partial charge >= 0.3 is 0 Å². The lowest BCUT2D eigenvalue weighted by atomic mass is 10.1. The van der Waals surface area contributed by atoms with Gasteiger partial charge in [-0.25, -0.2) is 0 Å². The van der Waals surface area contributed by atoms with Gasteiger partial charge in [0, 0.05) is 37.4 Å². The van der Waals surface area contributed by atoms with Crippen LogP contribution in [-0.4, -0.2) is 46.5 Å². The number of aromatic amines is 1. The molecule has 0 aliphatic carbocycles. The van der Waals surface area contributed by atoms with E-state index in [1.807, 2.05) is 0 Å². The number of amides is 1. The Morgan fingerprint density at radius 1 is 1.45 bits per heavy atom. The number of H-pyrrole nitrogens is 1. The predicted molar refractivity (Wildman–Crippen MR) is 86.1 cm³/mol. The Bertz CT molecular complexity index is 746. The number of fused-ring (bicyclic) bond motifs is 1. The second-order valence-electron chi connectivity index (χ2n) is 6.05. The van der Waals surface area contributed by atoms with Crippen LogP contribution in [0.15, 0.2) is 23.3 Å². The number of nitrogens with one attached hydrogen (secondary N) is 2. The second-order valence-corrected chi connectivity index (χ2v) is 6.05. The van der Waals surface area contributed by atoms with Crippen molar-refractivity contribution in [2.24, 2.45) is 7.05 Å². The van der Waals surface area contributed by atoms with Crippen molar-refractivity contribution in [3.8, 4) is 0 Å². The highest BCUT2D eigenvalue weighted by Crippen LogP contribution is 2.17. The molecule has 22 heavy (non-hydrogen) atoms. The zero-order valence-corrected chi connectivity index (χ0v) is 13.1. The summed E-state index contributed by atoms with van der Waals surface area (Å²) in [6.45, 7) is 1.80. The molecule has 3 rings (SSSR count). The van der Waals surface area contributed by atoms with E-state index in [1.165, 1.54) is 17.4 Å². The zero-order valence-electron chi connectivity index (χ0n) is 13.1. The van der Waals surface area contributed by atoms with E-state index in [9.17, 15) is 9.59 Å². The summed E-state index contributed by atoms with van der Waals surface area (Å²) in [5.41, 5.74) is 0.896. The SMILES string of the molecule is CN1CCCC1CCNC(=O)c1cn(C)c(=O)c2[nH]ccc12. The minimum atomic E-state index is -0.124. The van der Waals surface area contributed by atoms with Crippen LogP contribution in [0.3, 0.4) is 0 Å². The second kappa shape index (κ2) is 5.96. The Kier molecular flexibility index (Phi) is 4.02. The van der Waals surface area contributed by atoms with Crippen molar-refractivity contribution in [1.82, 2.24) is 19.8 Å². The standard InChI is InChI=1S/C16H22N4O2/c1-19-9-3-4-11(19)5-7-18-15(21)13-10-20(2)16(22)14-12(13)6-8-17-14/h6,8,10-11,17H,3-5,7,9H2,1-2H3,(H,18,21). The van der Waals surface area contributed by atoms with Crippen molar-refractivity contribution >= 4 is 16.8 Å². The van der Waals surface area contributed by atoms with Crippen LogP contribution in [0.1, 0.15) is 29.6 Å². The minimum Gasteiger partial charge on any atom is -0.357 e. The number of hydrogen-bond acceptors (Lipinski definition) is 3. The molecule has 2 aromatic rings. The molecule has 0 aromatic carbocycles. The Morgan fingerprint density at radius 2 is 2.27 bits per heavy atom. The highest BCUT2D eigenvalue weighted by Gasteiger charge is 2.21. The van der Waals surface area contributed by atoms with Crippen LogP contribution in [0, 0.1) is 0 Å². The van der Waals surface area contributed by atoms with Gasteiger partial charge in [-0.3, -0.25) is 9.59 Å². The van der Waals surface area contributed by atoms with Gasteiger partial charge in [-0.05, 0) is 38.9 Å². The minimum absolute atomic E-state index is 0.121. The number of nitrogens with zero attached hydrogens (tertiary/aromatic N) is 2. The summed E-state index contributed by atoms with van der Waals surface area (Å²) in [6.07, 6.45) is 6.70. The van der Waals surface area contributed by atoms with Crippen molar-refractivity contribution in [1.29, 1.82) is 0 Å². The number of aromatic nitrogens is 2. The highest BCUT2D eigenvalue weighted by molar-refractivity contribution is 6.05. The molecule has 6 heteroatoms. The van der Waals surface area contributed by atoms with E-state index in [4.69, 9.17) is 0 Å². The van der Waals surface area contributed by atoms with E-state index in [-0.39, 0.29) is 11.5 Å². The molecule has 1 unspecified atom stereocenters. The molecule has 0 saturated carbocycles.